The number of hydrogen-bond donors (Lipinski definition) is 2. The highest BCUT2D eigenvalue weighted by Crippen LogP contribution is 2.41. The number of aromatic nitrogens is 3. The molecule has 0 bridgehead atoms. The first-order valence-electron chi connectivity index (χ1n) is 8.39. The van der Waals surface area contributed by atoms with E-state index in [1.807, 2.05) is 0 Å². The molecule has 1 atom stereocenters. The van der Waals surface area contributed by atoms with Gasteiger partial charge in [-0.05, 0) is 46.6 Å². The molecule has 29 heavy (non-hydrogen) atoms. The third kappa shape index (κ3) is 4.88. The number of benzene rings is 1. The summed E-state index contributed by atoms with van der Waals surface area (Å²) in [4.78, 5) is 12.4. The van der Waals surface area contributed by atoms with Crippen molar-refractivity contribution in [2.24, 2.45) is 0 Å². The van der Waals surface area contributed by atoms with E-state index >= 15 is 0 Å². The highest BCUT2D eigenvalue weighted by Gasteiger charge is 2.36. The normalized spacial score (nSPS) is 12.8. The van der Waals surface area contributed by atoms with E-state index in [9.17, 15) is 13.2 Å². The van der Waals surface area contributed by atoms with Crippen LogP contribution in [0.15, 0.2) is 34.9 Å². The van der Waals surface area contributed by atoms with Crippen LogP contribution in [-0.4, -0.2) is 33.3 Å². The van der Waals surface area contributed by atoms with Gasteiger partial charge in [0, 0.05) is 16.2 Å². The number of hydrogen-bond acceptors (Lipinski definition) is 6. The van der Waals surface area contributed by atoms with Gasteiger partial charge in [0.05, 0.1) is 23.6 Å². The maximum Gasteiger partial charge on any atom is 0.419 e. The molecule has 0 saturated heterocycles. The summed E-state index contributed by atoms with van der Waals surface area (Å²) in [6, 6.07) is 4.83. The van der Waals surface area contributed by atoms with Crippen molar-refractivity contribution in [3.8, 4) is 5.75 Å². The second-order valence-electron chi connectivity index (χ2n) is 6.03. The van der Waals surface area contributed by atoms with E-state index in [0.29, 0.717) is 21.3 Å². The summed E-state index contributed by atoms with van der Waals surface area (Å²) >= 11 is 9.28. The Kier molecular flexibility index (Phi) is 6.45. The number of nitrogens with one attached hydrogen (secondary N) is 1. The summed E-state index contributed by atoms with van der Waals surface area (Å²) < 4.78 is 46.2. The first kappa shape index (κ1) is 21.5. The van der Waals surface area contributed by atoms with Gasteiger partial charge < -0.3 is 15.2 Å². The molecule has 3 aromatic rings. The number of aliphatic hydroxyl groups excluding tert-OH is 1. The molecule has 2 aromatic heterocycles. The number of rotatable bonds is 6. The van der Waals surface area contributed by atoms with Crippen LogP contribution in [0.4, 0.5) is 19.0 Å². The summed E-state index contributed by atoms with van der Waals surface area (Å²) in [5.74, 6) is -0.0374. The lowest BCUT2D eigenvalue weighted by Crippen LogP contribution is -2.16. The number of aliphatic hydroxyl groups is 1. The predicted octanol–water partition coefficient (Wildman–Crippen LogP) is 5.00. The number of halogens is 5. The van der Waals surface area contributed by atoms with Crippen molar-refractivity contribution in [3.05, 3.63) is 51.3 Å². The van der Waals surface area contributed by atoms with Crippen molar-refractivity contribution >= 4 is 44.4 Å². The molecular weight excluding hydrogens is 477 g/mol. The van der Waals surface area contributed by atoms with Crippen molar-refractivity contribution in [2.75, 3.05) is 18.5 Å². The number of ether oxygens (including phenoxy) is 1. The van der Waals surface area contributed by atoms with Gasteiger partial charge in [0.1, 0.15) is 18.2 Å². The molecule has 0 fully saturated rings. The van der Waals surface area contributed by atoms with Crippen LogP contribution in [0.5, 0.6) is 5.75 Å². The Morgan fingerprint density at radius 3 is 2.76 bits per heavy atom. The van der Waals surface area contributed by atoms with Gasteiger partial charge in [-0.3, -0.25) is 0 Å². The number of pyridine rings is 1. The van der Waals surface area contributed by atoms with E-state index in [4.69, 9.17) is 21.4 Å². The standard InChI is InChI=1S/C18H15BrClF3N4O2/c1-9(11-3-2-4-13(18(21,22)23)14(11)29-6-5-28)25-16-12-7-10(19)8-24-15(12)26-17(20)27-16/h2-4,7-9,28H,5-6H2,1H3,(H,24,25,26,27)/t9-/m1/s1. The molecular formula is C18H15BrClF3N4O2. The lowest BCUT2D eigenvalue weighted by atomic mass is 10.0. The average Bonchev–Trinajstić information content (AvgIpc) is 2.65. The largest absolute Gasteiger partial charge is 0.490 e. The molecule has 0 aliphatic heterocycles. The van der Waals surface area contributed by atoms with Crippen molar-refractivity contribution < 1.29 is 23.0 Å². The topological polar surface area (TPSA) is 80.2 Å². The van der Waals surface area contributed by atoms with Crippen LogP contribution < -0.4 is 10.1 Å². The lowest BCUT2D eigenvalue weighted by Gasteiger charge is -2.22. The van der Waals surface area contributed by atoms with Gasteiger partial charge >= 0.3 is 6.18 Å². The minimum Gasteiger partial charge on any atom is -0.490 e. The zero-order valence-corrected chi connectivity index (χ0v) is 17.3. The molecule has 3 rings (SSSR count). The summed E-state index contributed by atoms with van der Waals surface area (Å²) in [6.45, 7) is 0.972. The van der Waals surface area contributed by atoms with Crippen molar-refractivity contribution in [1.29, 1.82) is 0 Å². The summed E-state index contributed by atoms with van der Waals surface area (Å²) in [5, 5.41) is 12.5. The summed E-state index contributed by atoms with van der Waals surface area (Å²) in [7, 11) is 0. The van der Waals surface area contributed by atoms with Gasteiger partial charge in [-0.1, -0.05) is 12.1 Å². The molecule has 0 aliphatic rings. The molecule has 2 heterocycles. The number of nitrogens with zero attached hydrogens (tertiary/aromatic N) is 3. The van der Waals surface area contributed by atoms with Crippen molar-refractivity contribution in [2.45, 2.75) is 19.1 Å². The van der Waals surface area contributed by atoms with E-state index < -0.39 is 24.4 Å². The Morgan fingerprint density at radius 1 is 1.31 bits per heavy atom. The van der Waals surface area contributed by atoms with Crippen LogP contribution in [0.1, 0.15) is 24.1 Å². The van der Waals surface area contributed by atoms with Crippen LogP contribution in [0.25, 0.3) is 11.0 Å². The first-order chi connectivity index (χ1) is 13.7. The van der Waals surface area contributed by atoms with Gasteiger partial charge in [-0.2, -0.15) is 18.2 Å². The fourth-order valence-electron chi connectivity index (χ4n) is 2.78. The number of anilines is 1. The minimum absolute atomic E-state index is 0.0529. The number of alkyl halides is 3. The van der Waals surface area contributed by atoms with Crippen LogP contribution >= 0.6 is 27.5 Å². The van der Waals surface area contributed by atoms with E-state index in [2.05, 4.69) is 36.2 Å². The molecule has 0 amide bonds. The number of para-hydroxylation sites is 1. The Hall–Kier alpha value is -2.17. The van der Waals surface area contributed by atoms with Crippen molar-refractivity contribution in [3.63, 3.8) is 0 Å². The van der Waals surface area contributed by atoms with Gasteiger partial charge in [0.2, 0.25) is 5.28 Å². The SMILES string of the molecule is C[C@@H](Nc1nc(Cl)nc2ncc(Br)cc12)c1cccc(C(F)(F)F)c1OCCO. The highest BCUT2D eigenvalue weighted by atomic mass is 79.9. The van der Waals surface area contributed by atoms with E-state index in [1.54, 1.807) is 19.2 Å². The molecule has 154 valence electrons. The second kappa shape index (κ2) is 8.68. The van der Waals surface area contributed by atoms with E-state index in [0.717, 1.165) is 6.07 Å². The zero-order valence-electron chi connectivity index (χ0n) is 15.0. The molecule has 2 N–H and O–H groups in total. The third-order valence-electron chi connectivity index (χ3n) is 4.00. The van der Waals surface area contributed by atoms with E-state index in [-0.39, 0.29) is 23.2 Å². The van der Waals surface area contributed by atoms with Crippen LogP contribution in [0.3, 0.4) is 0 Å². The first-order valence-corrected chi connectivity index (χ1v) is 9.57. The monoisotopic (exact) mass is 490 g/mol. The summed E-state index contributed by atoms with van der Waals surface area (Å²) in [5.41, 5.74) is -0.338. The Labute approximate surface area is 177 Å². The molecule has 11 heteroatoms. The van der Waals surface area contributed by atoms with Crippen LogP contribution in [0, 0.1) is 0 Å². The Morgan fingerprint density at radius 2 is 2.07 bits per heavy atom. The van der Waals surface area contributed by atoms with E-state index in [1.165, 1.54) is 12.1 Å². The fraction of sp³-hybridized carbons (Fsp3) is 0.278. The lowest BCUT2D eigenvalue weighted by molar-refractivity contribution is -0.139. The van der Waals surface area contributed by atoms with Gasteiger partial charge in [0.15, 0.2) is 5.65 Å². The minimum atomic E-state index is -4.61. The zero-order chi connectivity index (χ0) is 21.2. The molecule has 1 aromatic carbocycles. The Bertz CT molecular complexity index is 1040. The number of fused-ring (bicyclic) bond motifs is 1. The molecule has 0 spiro atoms. The molecule has 0 aliphatic carbocycles. The fourth-order valence-corrected chi connectivity index (χ4v) is 3.28. The van der Waals surface area contributed by atoms with Crippen LogP contribution in [-0.2, 0) is 6.18 Å². The molecule has 6 nitrogen and oxygen atoms in total. The molecule has 0 unspecified atom stereocenters. The third-order valence-corrected chi connectivity index (χ3v) is 4.60. The smallest absolute Gasteiger partial charge is 0.419 e. The van der Waals surface area contributed by atoms with Gasteiger partial charge in [-0.25, -0.2) is 9.97 Å². The molecule has 0 radical (unpaired) electrons. The molecule has 0 saturated carbocycles. The summed E-state index contributed by atoms with van der Waals surface area (Å²) in [6.07, 6.45) is -3.06. The maximum absolute atomic E-state index is 13.4. The maximum atomic E-state index is 13.4. The highest BCUT2D eigenvalue weighted by molar-refractivity contribution is 9.10. The predicted molar refractivity (Wildman–Crippen MR) is 106 cm³/mol. The average molecular weight is 492 g/mol. The van der Waals surface area contributed by atoms with Crippen LogP contribution in [0.2, 0.25) is 5.28 Å². The quantitative estimate of drug-likeness (QED) is 0.472. The van der Waals surface area contributed by atoms with Crippen molar-refractivity contribution in [1.82, 2.24) is 15.0 Å². The van der Waals surface area contributed by atoms with Gasteiger partial charge in [0.25, 0.3) is 0 Å². The second-order valence-corrected chi connectivity index (χ2v) is 7.28. The Balaban J connectivity index is 2.05. The van der Waals surface area contributed by atoms with Gasteiger partial charge in [-0.15, -0.1) is 0 Å².